The number of hydrogen-bond donors (Lipinski definition) is 1. The summed E-state index contributed by atoms with van der Waals surface area (Å²) in [6, 6.07) is 0. The van der Waals surface area contributed by atoms with Gasteiger partial charge in [0.25, 0.3) is 0 Å². The zero-order valence-electron chi connectivity index (χ0n) is 11.6. The van der Waals surface area contributed by atoms with Crippen LogP contribution in [0.5, 0.6) is 0 Å². The number of halogens is 2. The van der Waals surface area contributed by atoms with Crippen LogP contribution in [0, 0.1) is 0 Å². The first-order valence-electron chi connectivity index (χ1n) is 6.68. The Kier molecular flexibility index (Phi) is 9.13. The summed E-state index contributed by atoms with van der Waals surface area (Å²) in [5.74, 6) is 0.228. The molecule has 0 radical (unpaired) electrons. The SMILES string of the molecule is Cl.Cl.NCC(=O)N1CCN(CC(=O)N2CCCC2)CC1. The first-order chi connectivity index (χ1) is 8.70. The fourth-order valence-corrected chi connectivity index (χ4v) is 2.54. The molecule has 2 aliphatic rings. The van der Waals surface area contributed by atoms with Crippen molar-refractivity contribution in [2.24, 2.45) is 5.73 Å². The maximum Gasteiger partial charge on any atom is 0.236 e. The second-order valence-corrected chi connectivity index (χ2v) is 4.95. The van der Waals surface area contributed by atoms with E-state index in [1.165, 1.54) is 0 Å². The molecule has 2 amide bonds. The Labute approximate surface area is 132 Å². The van der Waals surface area contributed by atoms with E-state index in [1.807, 2.05) is 4.90 Å². The molecule has 0 aliphatic carbocycles. The van der Waals surface area contributed by atoms with Crippen LogP contribution >= 0.6 is 24.8 Å². The molecule has 2 saturated heterocycles. The molecular formula is C12H24Cl2N4O2. The molecule has 20 heavy (non-hydrogen) atoms. The maximum atomic E-state index is 12.0. The smallest absolute Gasteiger partial charge is 0.236 e. The minimum atomic E-state index is 0. The van der Waals surface area contributed by atoms with Gasteiger partial charge in [-0.15, -0.1) is 24.8 Å². The molecule has 6 nitrogen and oxygen atoms in total. The van der Waals surface area contributed by atoms with Gasteiger partial charge in [-0.3, -0.25) is 14.5 Å². The number of amides is 2. The Morgan fingerprint density at radius 1 is 0.800 bits per heavy atom. The molecule has 0 bridgehead atoms. The van der Waals surface area contributed by atoms with Gasteiger partial charge >= 0.3 is 0 Å². The van der Waals surface area contributed by atoms with E-state index in [2.05, 4.69) is 4.90 Å². The van der Waals surface area contributed by atoms with Crippen LogP contribution in [0.25, 0.3) is 0 Å². The van der Waals surface area contributed by atoms with E-state index in [0.717, 1.165) is 39.0 Å². The van der Waals surface area contributed by atoms with Gasteiger partial charge in [0.1, 0.15) is 0 Å². The van der Waals surface area contributed by atoms with E-state index in [4.69, 9.17) is 5.73 Å². The van der Waals surface area contributed by atoms with Gasteiger partial charge in [-0.05, 0) is 12.8 Å². The third-order valence-electron chi connectivity index (χ3n) is 3.72. The van der Waals surface area contributed by atoms with E-state index in [0.29, 0.717) is 19.6 Å². The van der Waals surface area contributed by atoms with Crippen LogP contribution in [0.1, 0.15) is 12.8 Å². The number of carbonyl (C=O) groups is 2. The Morgan fingerprint density at radius 3 is 1.80 bits per heavy atom. The maximum absolute atomic E-state index is 12.0. The molecule has 2 rings (SSSR count). The number of hydrogen-bond acceptors (Lipinski definition) is 4. The molecular weight excluding hydrogens is 303 g/mol. The summed E-state index contributed by atoms with van der Waals surface area (Å²) in [5.41, 5.74) is 5.34. The third-order valence-corrected chi connectivity index (χ3v) is 3.72. The summed E-state index contributed by atoms with van der Waals surface area (Å²) in [6.45, 7) is 5.29. The van der Waals surface area contributed by atoms with Crippen molar-refractivity contribution in [3.63, 3.8) is 0 Å². The van der Waals surface area contributed by atoms with Crippen molar-refractivity contribution < 1.29 is 9.59 Å². The van der Waals surface area contributed by atoms with Crippen LogP contribution in [0.3, 0.4) is 0 Å². The van der Waals surface area contributed by atoms with Crippen LogP contribution in [0.2, 0.25) is 0 Å². The number of likely N-dealkylation sites (tertiary alicyclic amines) is 1. The van der Waals surface area contributed by atoms with E-state index < -0.39 is 0 Å². The first-order valence-corrected chi connectivity index (χ1v) is 6.68. The normalized spacial score (nSPS) is 19.2. The van der Waals surface area contributed by atoms with Crippen molar-refractivity contribution >= 4 is 36.6 Å². The van der Waals surface area contributed by atoms with Crippen LogP contribution in [0.15, 0.2) is 0 Å². The van der Waals surface area contributed by atoms with Gasteiger partial charge in [0, 0.05) is 39.3 Å². The second kappa shape index (κ2) is 9.39. The van der Waals surface area contributed by atoms with E-state index in [-0.39, 0.29) is 43.2 Å². The molecule has 118 valence electrons. The molecule has 2 aliphatic heterocycles. The number of nitrogens with two attached hydrogens (primary N) is 1. The minimum Gasteiger partial charge on any atom is -0.342 e. The number of carbonyl (C=O) groups excluding carboxylic acids is 2. The highest BCUT2D eigenvalue weighted by molar-refractivity contribution is 5.85. The molecule has 0 aromatic heterocycles. The predicted octanol–water partition coefficient (Wildman–Crippen LogP) is -0.445. The lowest BCUT2D eigenvalue weighted by Gasteiger charge is -2.34. The highest BCUT2D eigenvalue weighted by Crippen LogP contribution is 2.09. The Morgan fingerprint density at radius 2 is 1.30 bits per heavy atom. The summed E-state index contributed by atoms with van der Waals surface area (Å²) >= 11 is 0. The largest absolute Gasteiger partial charge is 0.342 e. The second-order valence-electron chi connectivity index (χ2n) is 4.95. The molecule has 0 aromatic carbocycles. The van der Waals surface area contributed by atoms with Crippen molar-refractivity contribution in [1.29, 1.82) is 0 Å². The molecule has 8 heteroatoms. The lowest BCUT2D eigenvalue weighted by atomic mass is 10.3. The van der Waals surface area contributed by atoms with Crippen LogP contribution in [-0.2, 0) is 9.59 Å². The van der Waals surface area contributed by atoms with Gasteiger partial charge < -0.3 is 15.5 Å². The van der Waals surface area contributed by atoms with Gasteiger partial charge in [-0.25, -0.2) is 0 Å². The summed E-state index contributed by atoms with van der Waals surface area (Å²) in [5, 5.41) is 0. The summed E-state index contributed by atoms with van der Waals surface area (Å²) in [6.07, 6.45) is 2.26. The van der Waals surface area contributed by atoms with E-state index >= 15 is 0 Å². The standard InChI is InChI=1S/C12H22N4O2.2ClH/c13-9-11(17)16-7-5-14(6-8-16)10-12(18)15-3-1-2-4-15;;/h1-10,13H2;2*1H. The first kappa shape index (κ1) is 19.4. The summed E-state index contributed by atoms with van der Waals surface area (Å²) in [4.78, 5) is 29.2. The summed E-state index contributed by atoms with van der Waals surface area (Å²) < 4.78 is 0. The Bertz CT molecular complexity index is 317. The van der Waals surface area contributed by atoms with E-state index in [1.54, 1.807) is 4.90 Å². The monoisotopic (exact) mass is 326 g/mol. The van der Waals surface area contributed by atoms with Gasteiger partial charge in [-0.1, -0.05) is 0 Å². The minimum absolute atomic E-state index is 0. The van der Waals surface area contributed by atoms with Crippen molar-refractivity contribution in [3.05, 3.63) is 0 Å². The quantitative estimate of drug-likeness (QED) is 0.763. The number of rotatable bonds is 3. The van der Waals surface area contributed by atoms with Gasteiger partial charge in [-0.2, -0.15) is 0 Å². The lowest BCUT2D eigenvalue weighted by Crippen LogP contribution is -2.52. The van der Waals surface area contributed by atoms with Crippen molar-refractivity contribution in [2.75, 3.05) is 52.4 Å². The molecule has 0 atom stereocenters. The Hall–Kier alpha value is -0.560. The zero-order valence-corrected chi connectivity index (χ0v) is 13.3. The fourth-order valence-electron chi connectivity index (χ4n) is 2.54. The average Bonchev–Trinajstić information content (AvgIpc) is 2.92. The van der Waals surface area contributed by atoms with Gasteiger partial charge in [0.15, 0.2) is 0 Å². The lowest BCUT2D eigenvalue weighted by molar-refractivity contribution is -0.133. The predicted molar refractivity (Wildman–Crippen MR) is 82.4 cm³/mol. The Balaban J connectivity index is 0.00000180. The average molecular weight is 327 g/mol. The van der Waals surface area contributed by atoms with Crippen molar-refractivity contribution in [2.45, 2.75) is 12.8 Å². The van der Waals surface area contributed by atoms with Crippen LogP contribution < -0.4 is 5.73 Å². The molecule has 0 unspecified atom stereocenters. The van der Waals surface area contributed by atoms with Crippen LogP contribution in [-0.4, -0.2) is 78.9 Å². The van der Waals surface area contributed by atoms with Crippen LogP contribution in [0.4, 0.5) is 0 Å². The topological polar surface area (TPSA) is 69.9 Å². The molecule has 2 heterocycles. The van der Waals surface area contributed by atoms with Crippen molar-refractivity contribution in [3.8, 4) is 0 Å². The molecule has 2 fully saturated rings. The highest BCUT2D eigenvalue weighted by Gasteiger charge is 2.24. The van der Waals surface area contributed by atoms with Gasteiger partial charge in [0.05, 0.1) is 13.1 Å². The van der Waals surface area contributed by atoms with E-state index in [9.17, 15) is 9.59 Å². The number of piperazine rings is 1. The highest BCUT2D eigenvalue weighted by atomic mass is 35.5. The third kappa shape index (κ3) is 5.09. The molecule has 0 saturated carbocycles. The number of nitrogens with zero attached hydrogens (tertiary/aromatic N) is 3. The van der Waals surface area contributed by atoms with Gasteiger partial charge in [0.2, 0.25) is 11.8 Å². The molecule has 0 spiro atoms. The zero-order chi connectivity index (χ0) is 13.0. The molecule has 0 aromatic rings. The molecule has 2 N–H and O–H groups in total. The van der Waals surface area contributed by atoms with Crippen molar-refractivity contribution in [1.82, 2.24) is 14.7 Å². The fraction of sp³-hybridized carbons (Fsp3) is 0.833. The summed E-state index contributed by atoms with van der Waals surface area (Å²) in [7, 11) is 0.